The van der Waals surface area contributed by atoms with Gasteiger partial charge in [-0.3, -0.25) is 9.59 Å². The molecule has 0 unspecified atom stereocenters. The molecular weight excluding hydrogens is 318 g/mol. The number of carboxylic acid groups (broad SMARTS) is 1. The fourth-order valence-electron chi connectivity index (χ4n) is 2.97. The van der Waals surface area contributed by atoms with Crippen molar-refractivity contribution >= 4 is 16.9 Å². The maximum Gasteiger partial charge on any atom is 0.323 e. The number of aryl methyl sites for hydroxylation is 1. The molecule has 5 nitrogen and oxygen atoms in total. The first-order chi connectivity index (χ1) is 12.0. The highest BCUT2D eigenvalue weighted by atomic mass is 16.5. The Labute approximate surface area is 145 Å². The fourth-order valence-corrected chi connectivity index (χ4v) is 2.97. The normalized spacial score (nSPS) is 10.8. The number of rotatable bonds is 5. The van der Waals surface area contributed by atoms with E-state index in [9.17, 15) is 14.7 Å². The quantitative estimate of drug-likeness (QED) is 0.777. The van der Waals surface area contributed by atoms with Crippen molar-refractivity contribution in [1.29, 1.82) is 0 Å². The fraction of sp³-hybridized carbons (Fsp3) is 0.200. The molecule has 1 heterocycles. The zero-order chi connectivity index (χ0) is 18.0. The number of hydrogen-bond acceptors (Lipinski definition) is 3. The second-order valence-electron chi connectivity index (χ2n) is 6.05. The number of aromatic nitrogens is 1. The number of nitrogens with zero attached hydrogens (tertiary/aromatic N) is 1. The van der Waals surface area contributed by atoms with E-state index in [1.54, 1.807) is 23.9 Å². The van der Waals surface area contributed by atoms with Gasteiger partial charge < -0.3 is 14.4 Å². The topological polar surface area (TPSA) is 68.5 Å². The van der Waals surface area contributed by atoms with Crippen LogP contribution in [0.25, 0.3) is 10.9 Å². The van der Waals surface area contributed by atoms with Gasteiger partial charge in [-0.05, 0) is 42.3 Å². The van der Waals surface area contributed by atoms with Crippen molar-refractivity contribution in [3.63, 3.8) is 0 Å². The van der Waals surface area contributed by atoms with E-state index >= 15 is 0 Å². The summed E-state index contributed by atoms with van der Waals surface area (Å²) in [5.74, 6) is -0.224. The van der Waals surface area contributed by atoms with Crippen molar-refractivity contribution in [2.75, 3.05) is 7.11 Å². The molecule has 0 aliphatic heterocycles. The molecule has 0 spiro atoms. The van der Waals surface area contributed by atoms with Crippen LogP contribution in [0.5, 0.6) is 5.75 Å². The summed E-state index contributed by atoms with van der Waals surface area (Å²) in [5, 5.41) is 9.73. The lowest BCUT2D eigenvalue weighted by molar-refractivity contribution is -0.137. The van der Waals surface area contributed by atoms with Crippen molar-refractivity contribution in [2.24, 2.45) is 0 Å². The zero-order valence-corrected chi connectivity index (χ0v) is 14.2. The second kappa shape index (κ2) is 6.81. The van der Waals surface area contributed by atoms with E-state index in [2.05, 4.69) is 0 Å². The van der Waals surface area contributed by atoms with Crippen LogP contribution in [0.15, 0.2) is 53.5 Å². The Morgan fingerprint density at radius 3 is 2.72 bits per heavy atom. The third-order valence-corrected chi connectivity index (χ3v) is 4.14. The molecule has 0 amide bonds. The van der Waals surface area contributed by atoms with Gasteiger partial charge in [0.25, 0.3) is 0 Å². The van der Waals surface area contributed by atoms with Gasteiger partial charge in [-0.2, -0.15) is 0 Å². The molecule has 128 valence electrons. The van der Waals surface area contributed by atoms with Crippen molar-refractivity contribution in [2.45, 2.75) is 19.9 Å². The summed E-state index contributed by atoms with van der Waals surface area (Å²) in [6.07, 6.45) is 2.07. The van der Waals surface area contributed by atoms with Crippen LogP contribution in [0.2, 0.25) is 0 Å². The van der Waals surface area contributed by atoms with Crippen LogP contribution in [0.1, 0.15) is 16.7 Å². The predicted molar refractivity (Wildman–Crippen MR) is 96.4 cm³/mol. The molecule has 0 atom stereocenters. The van der Waals surface area contributed by atoms with Crippen LogP contribution in [-0.4, -0.2) is 22.8 Å². The molecule has 5 heteroatoms. The maximum absolute atomic E-state index is 12.8. The summed E-state index contributed by atoms with van der Waals surface area (Å²) < 4.78 is 6.85. The van der Waals surface area contributed by atoms with E-state index in [-0.39, 0.29) is 12.0 Å². The van der Waals surface area contributed by atoms with Gasteiger partial charge in [-0.15, -0.1) is 0 Å². The van der Waals surface area contributed by atoms with Crippen LogP contribution >= 0.6 is 0 Å². The molecule has 1 aromatic heterocycles. The van der Waals surface area contributed by atoms with Crippen LogP contribution in [0, 0.1) is 6.92 Å². The molecule has 1 N–H and O–H groups in total. The van der Waals surface area contributed by atoms with Crippen LogP contribution in [0.3, 0.4) is 0 Å². The number of pyridine rings is 1. The lowest BCUT2D eigenvalue weighted by Crippen LogP contribution is -2.18. The Morgan fingerprint density at radius 2 is 2.00 bits per heavy atom. The zero-order valence-electron chi connectivity index (χ0n) is 14.2. The summed E-state index contributed by atoms with van der Waals surface area (Å²) in [6.45, 7) is 1.73. The first-order valence-corrected chi connectivity index (χ1v) is 7.95. The minimum Gasteiger partial charge on any atom is -0.497 e. The first-order valence-electron chi connectivity index (χ1n) is 7.95. The minimum atomic E-state index is -0.946. The third-order valence-electron chi connectivity index (χ3n) is 4.14. The van der Waals surface area contributed by atoms with Gasteiger partial charge in [0.15, 0.2) is 5.43 Å². The Morgan fingerprint density at radius 1 is 1.20 bits per heavy atom. The van der Waals surface area contributed by atoms with Crippen molar-refractivity contribution in [3.05, 3.63) is 75.6 Å². The number of carbonyl (C=O) groups is 1. The Balaban J connectivity index is 2.14. The summed E-state index contributed by atoms with van der Waals surface area (Å²) in [4.78, 5) is 24.1. The Kier molecular flexibility index (Phi) is 4.57. The van der Waals surface area contributed by atoms with Gasteiger partial charge in [-0.1, -0.05) is 18.2 Å². The monoisotopic (exact) mass is 337 g/mol. The standard InChI is InChI=1S/C20H19NO4/c1-13-6-7-17-18(8-13)21(12-19(22)23)11-15(20(17)24)9-14-4-3-5-16(10-14)25-2/h3-8,10-11H,9,12H2,1-2H3,(H,22,23). The van der Waals surface area contributed by atoms with E-state index < -0.39 is 5.97 Å². The minimum absolute atomic E-state index is 0.0699. The summed E-state index contributed by atoms with van der Waals surface area (Å²) in [6, 6.07) is 13.0. The highest BCUT2D eigenvalue weighted by Crippen LogP contribution is 2.18. The molecule has 3 aromatic rings. The number of ether oxygens (including phenoxy) is 1. The largest absolute Gasteiger partial charge is 0.497 e. The molecule has 0 aliphatic rings. The number of methoxy groups -OCH3 is 1. The first kappa shape index (κ1) is 16.8. The van der Waals surface area contributed by atoms with Crippen molar-refractivity contribution < 1.29 is 14.6 Å². The molecular formula is C20H19NO4. The molecule has 0 saturated heterocycles. The van der Waals surface area contributed by atoms with E-state index in [1.807, 2.05) is 43.3 Å². The van der Waals surface area contributed by atoms with Crippen LogP contribution in [-0.2, 0) is 17.8 Å². The smallest absolute Gasteiger partial charge is 0.323 e. The average molecular weight is 337 g/mol. The van der Waals surface area contributed by atoms with Crippen molar-refractivity contribution in [1.82, 2.24) is 4.57 Å². The van der Waals surface area contributed by atoms with E-state index in [0.29, 0.717) is 22.9 Å². The van der Waals surface area contributed by atoms with E-state index in [0.717, 1.165) is 16.9 Å². The Hall–Kier alpha value is -3.08. The van der Waals surface area contributed by atoms with Crippen LogP contribution in [0.4, 0.5) is 0 Å². The van der Waals surface area contributed by atoms with Crippen molar-refractivity contribution in [3.8, 4) is 5.75 Å². The lowest BCUT2D eigenvalue weighted by Gasteiger charge is -2.13. The molecule has 0 bridgehead atoms. The van der Waals surface area contributed by atoms with E-state index in [1.165, 1.54) is 0 Å². The highest BCUT2D eigenvalue weighted by Gasteiger charge is 2.12. The van der Waals surface area contributed by atoms with Gasteiger partial charge in [0.2, 0.25) is 0 Å². The summed E-state index contributed by atoms with van der Waals surface area (Å²) in [5.41, 5.74) is 3.04. The number of carboxylic acids is 1. The lowest BCUT2D eigenvalue weighted by atomic mass is 10.0. The molecule has 25 heavy (non-hydrogen) atoms. The average Bonchev–Trinajstić information content (AvgIpc) is 2.58. The maximum atomic E-state index is 12.8. The molecule has 0 aliphatic carbocycles. The third kappa shape index (κ3) is 3.55. The Bertz CT molecular complexity index is 1000. The second-order valence-corrected chi connectivity index (χ2v) is 6.05. The van der Waals surface area contributed by atoms with Gasteiger partial charge in [0, 0.05) is 23.6 Å². The number of benzene rings is 2. The highest BCUT2D eigenvalue weighted by molar-refractivity contribution is 5.82. The molecule has 3 rings (SSSR count). The van der Waals surface area contributed by atoms with Gasteiger partial charge in [-0.25, -0.2) is 0 Å². The molecule has 2 aromatic carbocycles. The number of fused-ring (bicyclic) bond motifs is 1. The van der Waals surface area contributed by atoms with E-state index in [4.69, 9.17) is 4.74 Å². The SMILES string of the molecule is COc1cccc(Cc2cn(CC(=O)O)c3cc(C)ccc3c2=O)c1. The summed E-state index contributed by atoms with van der Waals surface area (Å²) in [7, 11) is 1.59. The molecule has 0 fully saturated rings. The van der Waals surface area contributed by atoms with Gasteiger partial charge >= 0.3 is 5.97 Å². The number of aliphatic carboxylic acids is 1. The van der Waals surface area contributed by atoms with Gasteiger partial charge in [0.05, 0.1) is 12.6 Å². The molecule has 0 saturated carbocycles. The molecule has 0 radical (unpaired) electrons. The predicted octanol–water partition coefficient (Wildman–Crippen LogP) is 2.99. The summed E-state index contributed by atoms with van der Waals surface area (Å²) >= 11 is 0. The van der Waals surface area contributed by atoms with Crippen LogP contribution < -0.4 is 10.2 Å². The number of hydrogen-bond donors (Lipinski definition) is 1. The van der Waals surface area contributed by atoms with Gasteiger partial charge in [0.1, 0.15) is 12.3 Å².